The fraction of sp³-hybridized carbons (Fsp3) is 0.136. The molecule has 0 radical (unpaired) electrons. The number of hydrogen-bond donors (Lipinski definition) is 1. The third-order valence-electron chi connectivity index (χ3n) is 5.25. The number of methoxy groups -OCH3 is 1. The van der Waals surface area contributed by atoms with Crippen LogP contribution < -0.4 is 15.0 Å². The Hall–Kier alpha value is -3.58. The van der Waals surface area contributed by atoms with Crippen molar-refractivity contribution in [2.45, 2.75) is 6.42 Å². The molecule has 1 aliphatic rings. The second-order valence-electron chi connectivity index (χ2n) is 7.08. The first-order valence-corrected chi connectivity index (χ1v) is 9.76. The lowest BCUT2D eigenvalue weighted by atomic mass is 10.1. The summed E-state index contributed by atoms with van der Waals surface area (Å²) >= 11 is 6.21. The van der Waals surface area contributed by atoms with Gasteiger partial charge in [0.05, 0.1) is 30.9 Å². The quantitative estimate of drug-likeness (QED) is 0.533. The monoisotopic (exact) mass is 419 g/mol. The van der Waals surface area contributed by atoms with Gasteiger partial charge in [0.1, 0.15) is 5.75 Å². The number of anilines is 3. The fourth-order valence-electron chi connectivity index (χ4n) is 3.72. The fourth-order valence-corrected chi connectivity index (χ4v) is 3.89. The Bertz CT molecular complexity index is 1300. The van der Waals surface area contributed by atoms with Crippen LogP contribution in [0.25, 0.3) is 16.8 Å². The van der Waals surface area contributed by atoms with Gasteiger partial charge in [-0.15, -0.1) is 5.10 Å². The van der Waals surface area contributed by atoms with Crippen molar-refractivity contribution in [3.05, 3.63) is 65.3 Å². The molecule has 0 aliphatic carbocycles. The molecule has 0 atom stereocenters. The maximum atomic E-state index is 11.9. The van der Waals surface area contributed by atoms with E-state index >= 15 is 0 Å². The van der Waals surface area contributed by atoms with Crippen LogP contribution in [0.4, 0.5) is 17.3 Å². The predicted molar refractivity (Wildman–Crippen MR) is 117 cm³/mol. The largest absolute Gasteiger partial charge is 0.496 e. The van der Waals surface area contributed by atoms with E-state index in [1.54, 1.807) is 35.8 Å². The lowest BCUT2D eigenvalue weighted by Crippen LogP contribution is -2.20. The van der Waals surface area contributed by atoms with E-state index in [-0.39, 0.29) is 5.91 Å². The Morgan fingerprint density at radius 2 is 2.00 bits per heavy atom. The first-order valence-electron chi connectivity index (χ1n) is 9.39. The zero-order valence-corrected chi connectivity index (χ0v) is 17.1. The lowest BCUT2D eigenvalue weighted by Gasteiger charge is -2.12. The predicted octanol–water partition coefficient (Wildman–Crippen LogP) is 4.32. The summed E-state index contributed by atoms with van der Waals surface area (Å²) in [5, 5.41) is 8.50. The number of fused-ring (bicyclic) bond motifs is 2. The number of amides is 1. The van der Waals surface area contributed by atoms with Crippen LogP contribution in [-0.2, 0) is 11.2 Å². The molecule has 3 heterocycles. The van der Waals surface area contributed by atoms with Gasteiger partial charge in [0, 0.05) is 29.0 Å². The highest BCUT2D eigenvalue weighted by Crippen LogP contribution is 2.34. The van der Waals surface area contributed by atoms with Crippen molar-refractivity contribution in [3.63, 3.8) is 0 Å². The number of halogens is 1. The van der Waals surface area contributed by atoms with Crippen LogP contribution in [0.3, 0.4) is 0 Å². The molecule has 7 nitrogen and oxygen atoms in total. The van der Waals surface area contributed by atoms with Gasteiger partial charge in [-0.2, -0.15) is 0 Å². The number of benzene rings is 2. The van der Waals surface area contributed by atoms with E-state index in [1.807, 2.05) is 42.5 Å². The molecule has 4 aromatic rings. The number of ether oxygens (including phenoxy) is 1. The summed E-state index contributed by atoms with van der Waals surface area (Å²) in [4.78, 5) is 18.0. The van der Waals surface area contributed by atoms with E-state index in [0.717, 1.165) is 33.7 Å². The number of hydrogen-bond acceptors (Lipinski definition) is 5. The Balaban J connectivity index is 1.52. The van der Waals surface area contributed by atoms with Gasteiger partial charge in [-0.25, -0.2) is 9.50 Å². The van der Waals surface area contributed by atoms with E-state index in [4.69, 9.17) is 16.3 Å². The molecule has 1 aliphatic heterocycles. The highest BCUT2D eigenvalue weighted by atomic mass is 35.5. The van der Waals surface area contributed by atoms with Gasteiger partial charge in [0.15, 0.2) is 0 Å². The first kappa shape index (κ1) is 18.4. The minimum atomic E-state index is 0.0901. The molecule has 0 unspecified atom stereocenters. The summed E-state index contributed by atoms with van der Waals surface area (Å²) in [5.41, 5.74) is 5.27. The van der Waals surface area contributed by atoms with Crippen LogP contribution in [0, 0.1) is 0 Å². The molecule has 2 aromatic carbocycles. The highest BCUT2D eigenvalue weighted by molar-refractivity contribution is 6.31. The minimum absolute atomic E-state index is 0.0901. The Morgan fingerprint density at radius 3 is 2.83 bits per heavy atom. The average Bonchev–Trinajstić information content (AvgIpc) is 3.28. The van der Waals surface area contributed by atoms with Crippen LogP contribution in [0.5, 0.6) is 5.75 Å². The van der Waals surface area contributed by atoms with Crippen LogP contribution in [0.1, 0.15) is 5.56 Å². The molecule has 1 amide bonds. The Labute approximate surface area is 177 Å². The van der Waals surface area contributed by atoms with Crippen molar-refractivity contribution in [2.24, 2.45) is 0 Å². The molecule has 0 spiro atoms. The number of aromatic nitrogens is 3. The SMILES string of the molecule is COc1ccc(Cl)cc1-c1ccc2cnc(Nc3ccc4c(c3)CC(=O)N4C)nn12. The van der Waals surface area contributed by atoms with Gasteiger partial charge in [-0.1, -0.05) is 11.6 Å². The Kier molecular flexibility index (Phi) is 4.33. The molecule has 1 N–H and O–H groups in total. The molecule has 5 rings (SSSR count). The molecule has 0 bridgehead atoms. The smallest absolute Gasteiger partial charge is 0.245 e. The van der Waals surface area contributed by atoms with E-state index in [9.17, 15) is 4.79 Å². The van der Waals surface area contributed by atoms with E-state index in [1.165, 1.54) is 0 Å². The standard InChI is InChI=1S/C22H18ClN5O2/c1-27-18-6-4-15(9-13(18)10-21(27)29)25-22-24-12-16-5-7-19(28(16)26-22)17-11-14(23)3-8-20(17)30-2/h3-9,11-12H,10H2,1-2H3,(H,25,26). The topological polar surface area (TPSA) is 71.8 Å². The number of nitrogens with one attached hydrogen (secondary N) is 1. The lowest BCUT2D eigenvalue weighted by molar-refractivity contribution is -0.117. The van der Waals surface area contributed by atoms with Crippen LogP contribution in [0.2, 0.25) is 5.02 Å². The summed E-state index contributed by atoms with van der Waals surface area (Å²) in [5.74, 6) is 1.24. The molecule has 2 aromatic heterocycles. The average molecular weight is 420 g/mol. The van der Waals surface area contributed by atoms with Crippen molar-refractivity contribution in [1.82, 2.24) is 14.6 Å². The van der Waals surface area contributed by atoms with Gasteiger partial charge in [0.2, 0.25) is 11.9 Å². The maximum absolute atomic E-state index is 11.9. The molecule has 0 saturated carbocycles. The molecule has 0 saturated heterocycles. The maximum Gasteiger partial charge on any atom is 0.245 e. The molecule has 8 heteroatoms. The second kappa shape index (κ2) is 7.03. The van der Waals surface area contributed by atoms with Crippen LogP contribution >= 0.6 is 11.6 Å². The third-order valence-corrected chi connectivity index (χ3v) is 5.48. The summed E-state index contributed by atoms with van der Waals surface area (Å²) in [6.07, 6.45) is 2.15. The van der Waals surface area contributed by atoms with Gasteiger partial charge in [-0.3, -0.25) is 4.79 Å². The van der Waals surface area contributed by atoms with Crippen molar-refractivity contribution >= 4 is 40.3 Å². The molecule has 30 heavy (non-hydrogen) atoms. The normalized spacial score (nSPS) is 13.0. The molecular weight excluding hydrogens is 402 g/mol. The summed E-state index contributed by atoms with van der Waals surface area (Å²) in [6.45, 7) is 0. The zero-order chi connectivity index (χ0) is 20.8. The number of likely N-dealkylation sites (N-methyl/N-ethyl adjacent to an activating group) is 1. The summed E-state index contributed by atoms with van der Waals surface area (Å²) in [7, 11) is 3.41. The summed E-state index contributed by atoms with van der Waals surface area (Å²) in [6, 6.07) is 15.2. The van der Waals surface area contributed by atoms with Crippen molar-refractivity contribution in [3.8, 4) is 17.0 Å². The highest BCUT2D eigenvalue weighted by Gasteiger charge is 2.24. The minimum Gasteiger partial charge on any atom is -0.496 e. The number of carbonyl (C=O) groups excluding carboxylic acids is 1. The molecular formula is C22H18ClN5O2. The number of nitrogens with zero attached hydrogens (tertiary/aromatic N) is 4. The van der Waals surface area contributed by atoms with E-state index in [0.29, 0.717) is 23.1 Å². The molecule has 150 valence electrons. The van der Waals surface area contributed by atoms with Crippen molar-refractivity contribution < 1.29 is 9.53 Å². The first-order chi connectivity index (χ1) is 14.5. The van der Waals surface area contributed by atoms with Crippen molar-refractivity contribution in [2.75, 3.05) is 24.4 Å². The van der Waals surface area contributed by atoms with Crippen molar-refractivity contribution in [1.29, 1.82) is 0 Å². The number of carbonyl (C=O) groups is 1. The van der Waals surface area contributed by atoms with Gasteiger partial charge < -0.3 is 15.0 Å². The van der Waals surface area contributed by atoms with E-state index in [2.05, 4.69) is 15.4 Å². The van der Waals surface area contributed by atoms with Crippen LogP contribution in [-0.4, -0.2) is 34.7 Å². The van der Waals surface area contributed by atoms with Gasteiger partial charge in [0.25, 0.3) is 0 Å². The molecule has 0 fully saturated rings. The van der Waals surface area contributed by atoms with Gasteiger partial charge >= 0.3 is 0 Å². The van der Waals surface area contributed by atoms with Crippen LogP contribution in [0.15, 0.2) is 54.7 Å². The summed E-state index contributed by atoms with van der Waals surface area (Å²) < 4.78 is 7.30. The Morgan fingerprint density at radius 1 is 1.13 bits per heavy atom. The third kappa shape index (κ3) is 3.04. The van der Waals surface area contributed by atoms with Gasteiger partial charge in [-0.05, 0) is 54.1 Å². The zero-order valence-electron chi connectivity index (χ0n) is 16.4. The number of rotatable bonds is 4. The second-order valence-corrected chi connectivity index (χ2v) is 7.52. The van der Waals surface area contributed by atoms with E-state index < -0.39 is 0 Å².